The quantitative estimate of drug-likeness (QED) is 0.146. The third-order valence-electron chi connectivity index (χ3n) is 9.39. The first kappa shape index (κ1) is 33.3. The van der Waals surface area contributed by atoms with Crippen molar-refractivity contribution in [1.29, 1.82) is 0 Å². The van der Waals surface area contributed by atoms with Gasteiger partial charge in [0.2, 0.25) is 5.91 Å². The minimum atomic E-state index is -2.17. The van der Waals surface area contributed by atoms with Crippen molar-refractivity contribution in [3.63, 3.8) is 0 Å². The van der Waals surface area contributed by atoms with Crippen LogP contribution in [-0.4, -0.2) is 56.2 Å². The normalized spacial score (nSPS) is 19.1. The fourth-order valence-electron chi connectivity index (χ4n) is 6.70. The van der Waals surface area contributed by atoms with Crippen LogP contribution in [0.15, 0.2) is 102 Å². The van der Waals surface area contributed by atoms with Crippen molar-refractivity contribution in [2.45, 2.75) is 44.5 Å². The number of hydrogen-bond donors (Lipinski definition) is 2. The van der Waals surface area contributed by atoms with Crippen LogP contribution in [0, 0.1) is 16.0 Å². The molecule has 0 fully saturated rings. The number of benzene rings is 3. The molecule has 0 spiro atoms. The molecule has 2 aliphatic rings. The Bertz CT molecular complexity index is 2020. The van der Waals surface area contributed by atoms with E-state index in [1.165, 1.54) is 34.8 Å². The van der Waals surface area contributed by atoms with Gasteiger partial charge in [-0.2, -0.15) is 0 Å². The number of hydrogen-bond acceptors (Lipinski definition) is 8. The van der Waals surface area contributed by atoms with Crippen LogP contribution in [0.1, 0.15) is 35.6 Å². The molecule has 6 rings (SSSR count). The molecular weight excluding hydrogens is 628 g/mol. The number of rotatable bonds is 10. The van der Waals surface area contributed by atoms with E-state index in [0.717, 1.165) is 11.1 Å². The van der Waals surface area contributed by atoms with Crippen molar-refractivity contribution in [2.75, 3.05) is 18.6 Å². The van der Waals surface area contributed by atoms with Gasteiger partial charge < -0.3 is 24.7 Å². The summed E-state index contributed by atoms with van der Waals surface area (Å²) in [6.07, 6.45) is 5.27. The van der Waals surface area contributed by atoms with Gasteiger partial charge in [-0.25, -0.2) is 0 Å². The number of non-ortho nitro benzene ring substituents is 1. The summed E-state index contributed by atoms with van der Waals surface area (Å²) in [4.78, 5) is 54.5. The second kappa shape index (κ2) is 13.5. The summed E-state index contributed by atoms with van der Waals surface area (Å²) < 4.78 is 6.58. The first-order chi connectivity index (χ1) is 23.6. The number of anilines is 1. The first-order valence-electron chi connectivity index (χ1n) is 15.9. The Kier molecular flexibility index (Phi) is 9.18. The van der Waals surface area contributed by atoms with Crippen molar-refractivity contribution in [1.82, 2.24) is 9.47 Å². The van der Waals surface area contributed by atoms with Crippen LogP contribution in [0.25, 0.3) is 5.69 Å². The van der Waals surface area contributed by atoms with E-state index in [2.05, 4.69) is 0 Å². The zero-order valence-corrected chi connectivity index (χ0v) is 27.1. The highest BCUT2D eigenvalue weighted by atomic mass is 16.6. The zero-order chi connectivity index (χ0) is 34.9. The summed E-state index contributed by atoms with van der Waals surface area (Å²) in [5, 5.41) is 33.8. The predicted molar refractivity (Wildman–Crippen MR) is 181 cm³/mol. The Balaban J connectivity index is 1.26. The summed E-state index contributed by atoms with van der Waals surface area (Å²) in [6.45, 7) is 1.81. The van der Waals surface area contributed by atoms with Gasteiger partial charge in [-0.05, 0) is 53.4 Å². The fourth-order valence-corrected chi connectivity index (χ4v) is 6.70. The second-order valence-electron chi connectivity index (χ2n) is 12.3. The predicted octanol–water partition coefficient (Wildman–Crippen LogP) is 4.02. The van der Waals surface area contributed by atoms with Gasteiger partial charge in [-0.15, -0.1) is 0 Å². The van der Waals surface area contributed by atoms with Crippen molar-refractivity contribution in [3.05, 3.63) is 140 Å². The van der Waals surface area contributed by atoms with Crippen LogP contribution >= 0.6 is 0 Å². The number of carbonyl (C=O) groups excluding carboxylic acids is 2. The highest BCUT2D eigenvalue weighted by Crippen LogP contribution is 2.47. The zero-order valence-electron chi connectivity index (χ0n) is 27.1. The van der Waals surface area contributed by atoms with E-state index in [1.54, 1.807) is 66.6 Å². The Morgan fingerprint density at radius 3 is 2.59 bits per heavy atom. The summed E-state index contributed by atoms with van der Waals surface area (Å²) >= 11 is 0. The average Bonchev–Trinajstić information content (AvgIpc) is 3.33. The van der Waals surface area contributed by atoms with E-state index in [-0.39, 0.29) is 54.1 Å². The molecular formula is C37H36N4O8. The molecule has 3 aromatic carbocycles. The minimum absolute atomic E-state index is 0.00636. The van der Waals surface area contributed by atoms with Crippen molar-refractivity contribution >= 4 is 23.2 Å². The molecule has 0 unspecified atom stereocenters. The van der Waals surface area contributed by atoms with Gasteiger partial charge in [-0.3, -0.25) is 29.1 Å². The van der Waals surface area contributed by atoms with Crippen LogP contribution in [-0.2, 0) is 34.7 Å². The maximum Gasteiger partial charge on any atom is 0.297 e. The molecule has 3 heterocycles. The van der Waals surface area contributed by atoms with E-state index >= 15 is 0 Å². The van der Waals surface area contributed by atoms with Gasteiger partial charge in [0.05, 0.1) is 36.9 Å². The standard InChI is InChI=1S/C37H36N4O8/c1-24(8-5-14-34(43)39-22-27-11-4-3-10-26(27)19-30(39)23-42)37(46)31-20-29(41(47)48)15-16-32(31)40(36(37)45)21-25-9-6-12-28(18-25)38-17-7-13-33(49-2)35(38)44/h3-13,15-18,20,24,30,42,46H,14,19,21-23H2,1-2H3/b8-5+/t24-,30-,37+/m0/s1. The lowest BCUT2D eigenvalue weighted by Crippen LogP contribution is -2.46. The lowest BCUT2D eigenvalue weighted by Gasteiger charge is -2.36. The third-order valence-corrected chi connectivity index (χ3v) is 9.39. The highest BCUT2D eigenvalue weighted by Gasteiger charge is 2.53. The summed E-state index contributed by atoms with van der Waals surface area (Å²) in [5.41, 5.74) is 0.885. The molecule has 3 atom stereocenters. The molecule has 0 saturated heterocycles. The molecule has 12 nitrogen and oxygen atoms in total. The molecule has 2 aliphatic heterocycles. The molecule has 0 bridgehead atoms. The van der Waals surface area contributed by atoms with E-state index in [0.29, 0.717) is 29.9 Å². The number of carbonyl (C=O) groups is 2. The van der Waals surface area contributed by atoms with Crippen LogP contribution in [0.4, 0.5) is 11.4 Å². The van der Waals surface area contributed by atoms with E-state index in [1.807, 2.05) is 24.3 Å². The van der Waals surface area contributed by atoms with Crippen LogP contribution in [0.2, 0.25) is 0 Å². The fraction of sp³-hybridized carbons (Fsp3) is 0.270. The molecule has 0 aliphatic carbocycles. The monoisotopic (exact) mass is 664 g/mol. The number of nitrogens with zero attached hydrogens (tertiary/aromatic N) is 4. The van der Waals surface area contributed by atoms with Gasteiger partial charge in [-0.1, -0.05) is 55.5 Å². The van der Waals surface area contributed by atoms with Crippen LogP contribution in [0.3, 0.4) is 0 Å². The SMILES string of the molecule is COc1cccn(-c2cccc(CN3C(=O)[C@@](O)([C@@H](C)/C=C/CC(=O)N4Cc5ccccc5C[C@H]4CO)c4cc([N+](=O)[O-])ccc43)c2)c1=O. The number of pyridine rings is 1. The number of aliphatic hydroxyl groups excluding tert-OH is 1. The van der Waals surface area contributed by atoms with E-state index in [9.17, 15) is 34.7 Å². The Morgan fingerprint density at radius 1 is 1.08 bits per heavy atom. The average molecular weight is 665 g/mol. The highest BCUT2D eigenvalue weighted by molar-refractivity contribution is 6.07. The first-order valence-corrected chi connectivity index (χ1v) is 15.9. The van der Waals surface area contributed by atoms with Gasteiger partial charge >= 0.3 is 0 Å². The molecule has 0 radical (unpaired) electrons. The number of ether oxygens (including phenoxy) is 1. The lowest BCUT2D eigenvalue weighted by molar-refractivity contribution is -0.385. The van der Waals surface area contributed by atoms with Crippen molar-refractivity contribution in [3.8, 4) is 11.4 Å². The minimum Gasteiger partial charge on any atom is -0.491 e. The largest absolute Gasteiger partial charge is 0.491 e. The third kappa shape index (κ3) is 6.12. The molecule has 252 valence electrons. The maximum atomic E-state index is 14.1. The number of amides is 2. The number of aliphatic hydroxyl groups is 2. The number of nitro benzene ring substituents is 1. The van der Waals surface area contributed by atoms with E-state index < -0.39 is 22.3 Å². The molecule has 2 N–H and O–H groups in total. The Labute approximate surface area is 282 Å². The van der Waals surface area contributed by atoms with Crippen molar-refractivity contribution in [2.24, 2.45) is 5.92 Å². The number of aromatic nitrogens is 1. The van der Waals surface area contributed by atoms with Gasteiger partial charge in [0.1, 0.15) is 0 Å². The summed E-state index contributed by atoms with van der Waals surface area (Å²) in [5.74, 6) is -1.60. The maximum absolute atomic E-state index is 14.1. The van der Waals surface area contributed by atoms with Gasteiger partial charge in [0, 0.05) is 48.5 Å². The summed E-state index contributed by atoms with van der Waals surface area (Å²) in [6, 6.07) is 21.6. The van der Waals surface area contributed by atoms with Gasteiger partial charge in [0.25, 0.3) is 17.2 Å². The molecule has 12 heteroatoms. The molecule has 1 aromatic heterocycles. The van der Waals surface area contributed by atoms with Gasteiger partial charge in [0.15, 0.2) is 11.4 Å². The topological polar surface area (TPSA) is 155 Å². The Hall–Kier alpha value is -5.59. The van der Waals surface area contributed by atoms with E-state index in [4.69, 9.17) is 4.74 Å². The number of nitro groups is 1. The van der Waals surface area contributed by atoms with Crippen molar-refractivity contribution < 1.29 is 29.5 Å². The van der Waals surface area contributed by atoms with Crippen LogP contribution < -0.4 is 15.2 Å². The van der Waals surface area contributed by atoms with Crippen LogP contribution in [0.5, 0.6) is 5.75 Å². The Morgan fingerprint density at radius 2 is 1.86 bits per heavy atom. The molecule has 4 aromatic rings. The molecule has 2 amide bonds. The number of methoxy groups -OCH3 is 1. The molecule has 0 saturated carbocycles. The lowest BCUT2D eigenvalue weighted by atomic mass is 9.82. The smallest absolute Gasteiger partial charge is 0.297 e. The molecule has 49 heavy (non-hydrogen) atoms. The summed E-state index contributed by atoms with van der Waals surface area (Å²) in [7, 11) is 1.41. The second-order valence-corrected chi connectivity index (χ2v) is 12.3. The number of fused-ring (bicyclic) bond motifs is 2.